The van der Waals surface area contributed by atoms with Gasteiger partial charge in [0.25, 0.3) is 0 Å². The number of anilines is 1. The molecule has 0 saturated heterocycles. The van der Waals surface area contributed by atoms with Crippen LogP contribution in [0.3, 0.4) is 0 Å². The predicted octanol–water partition coefficient (Wildman–Crippen LogP) is 4.11. The summed E-state index contributed by atoms with van der Waals surface area (Å²) in [6.07, 6.45) is 0.306. The van der Waals surface area contributed by atoms with Crippen LogP contribution in [0.1, 0.15) is 24.5 Å². The van der Waals surface area contributed by atoms with Gasteiger partial charge in [0.05, 0.1) is 19.6 Å². The summed E-state index contributed by atoms with van der Waals surface area (Å²) in [4.78, 5) is 12.0. The van der Waals surface area contributed by atoms with Crippen molar-refractivity contribution in [3.05, 3.63) is 53.6 Å². The Morgan fingerprint density at radius 2 is 1.65 bits per heavy atom. The van der Waals surface area contributed by atoms with Gasteiger partial charge in [0.2, 0.25) is 5.91 Å². The Morgan fingerprint density at radius 1 is 1.00 bits per heavy atom. The summed E-state index contributed by atoms with van der Waals surface area (Å²) in [6, 6.07) is 13.4. The Bertz CT molecular complexity index is 650. The Morgan fingerprint density at radius 3 is 2.26 bits per heavy atom. The SMILES string of the molecule is CCOc1ccc(OCCC(=O)Nc2ccc(C)cc2C)cc1. The quantitative estimate of drug-likeness (QED) is 0.837. The van der Waals surface area contributed by atoms with Crippen LogP contribution in [0.15, 0.2) is 42.5 Å². The fraction of sp³-hybridized carbons (Fsp3) is 0.316. The third-order valence-corrected chi connectivity index (χ3v) is 3.39. The molecular formula is C19H23NO3. The molecule has 0 aliphatic rings. The summed E-state index contributed by atoms with van der Waals surface area (Å²) in [6.45, 7) is 6.94. The maximum absolute atomic E-state index is 12.0. The van der Waals surface area contributed by atoms with Gasteiger partial charge in [0, 0.05) is 5.69 Å². The van der Waals surface area contributed by atoms with Gasteiger partial charge in [-0.3, -0.25) is 4.79 Å². The molecule has 0 bridgehead atoms. The lowest BCUT2D eigenvalue weighted by Gasteiger charge is -2.10. The lowest BCUT2D eigenvalue weighted by atomic mass is 10.1. The number of nitrogens with one attached hydrogen (secondary N) is 1. The molecular weight excluding hydrogens is 290 g/mol. The van der Waals surface area contributed by atoms with Crippen molar-refractivity contribution in [2.24, 2.45) is 0 Å². The predicted molar refractivity (Wildman–Crippen MR) is 92.3 cm³/mol. The van der Waals surface area contributed by atoms with Gasteiger partial charge < -0.3 is 14.8 Å². The minimum absolute atomic E-state index is 0.0529. The Hall–Kier alpha value is -2.49. The molecule has 0 atom stereocenters. The van der Waals surface area contributed by atoms with Crippen LogP contribution in [-0.4, -0.2) is 19.1 Å². The molecule has 1 N–H and O–H groups in total. The van der Waals surface area contributed by atoms with Gasteiger partial charge in [-0.05, 0) is 56.7 Å². The number of aryl methyl sites for hydroxylation is 2. The molecule has 2 aromatic carbocycles. The van der Waals surface area contributed by atoms with Crippen molar-refractivity contribution in [1.82, 2.24) is 0 Å². The zero-order valence-corrected chi connectivity index (χ0v) is 13.9. The second kappa shape index (κ2) is 8.22. The number of hydrogen-bond acceptors (Lipinski definition) is 3. The minimum Gasteiger partial charge on any atom is -0.494 e. The summed E-state index contributed by atoms with van der Waals surface area (Å²) >= 11 is 0. The molecule has 2 aromatic rings. The highest BCUT2D eigenvalue weighted by atomic mass is 16.5. The smallest absolute Gasteiger partial charge is 0.227 e. The van der Waals surface area contributed by atoms with E-state index in [1.54, 1.807) is 0 Å². The van der Waals surface area contributed by atoms with E-state index in [1.165, 1.54) is 5.56 Å². The highest BCUT2D eigenvalue weighted by molar-refractivity contribution is 5.91. The minimum atomic E-state index is -0.0529. The van der Waals surface area contributed by atoms with Crippen LogP contribution in [0.5, 0.6) is 11.5 Å². The summed E-state index contributed by atoms with van der Waals surface area (Å²) < 4.78 is 11.0. The lowest BCUT2D eigenvalue weighted by Crippen LogP contribution is -2.15. The van der Waals surface area contributed by atoms with Gasteiger partial charge in [0.1, 0.15) is 11.5 Å². The van der Waals surface area contributed by atoms with E-state index in [0.717, 1.165) is 22.7 Å². The highest BCUT2D eigenvalue weighted by Crippen LogP contribution is 2.18. The van der Waals surface area contributed by atoms with Crippen molar-refractivity contribution in [1.29, 1.82) is 0 Å². The van der Waals surface area contributed by atoms with E-state index >= 15 is 0 Å². The van der Waals surface area contributed by atoms with Crippen molar-refractivity contribution in [3.63, 3.8) is 0 Å². The van der Waals surface area contributed by atoms with E-state index in [-0.39, 0.29) is 5.91 Å². The largest absolute Gasteiger partial charge is 0.494 e. The van der Waals surface area contributed by atoms with Gasteiger partial charge >= 0.3 is 0 Å². The highest BCUT2D eigenvalue weighted by Gasteiger charge is 2.05. The molecule has 122 valence electrons. The number of carbonyl (C=O) groups is 1. The molecule has 0 heterocycles. The zero-order valence-electron chi connectivity index (χ0n) is 13.9. The molecule has 2 rings (SSSR count). The van der Waals surface area contributed by atoms with Gasteiger partial charge in [-0.25, -0.2) is 0 Å². The third kappa shape index (κ3) is 5.33. The maximum atomic E-state index is 12.0. The molecule has 4 nitrogen and oxygen atoms in total. The molecule has 0 unspecified atom stereocenters. The molecule has 0 radical (unpaired) electrons. The van der Waals surface area contributed by atoms with Crippen molar-refractivity contribution in [2.45, 2.75) is 27.2 Å². The second-order valence-corrected chi connectivity index (χ2v) is 5.37. The Labute approximate surface area is 137 Å². The first-order valence-corrected chi connectivity index (χ1v) is 7.81. The summed E-state index contributed by atoms with van der Waals surface area (Å²) in [5.74, 6) is 1.49. The van der Waals surface area contributed by atoms with Crippen LogP contribution in [-0.2, 0) is 4.79 Å². The topological polar surface area (TPSA) is 47.6 Å². The second-order valence-electron chi connectivity index (χ2n) is 5.37. The molecule has 1 amide bonds. The van der Waals surface area contributed by atoms with Crippen LogP contribution in [0.25, 0.3) is 0 Å². The Kier molecular flexibility index (Phi) is 6.03. The average Bonchev–Trinajstić information content (AvgIpc) is 2.52. The molecule has 0 saturated carbocycles. The Balaban J connectivity index is 1.78. The molecule has 0 fully saturated rings. The molecule has 0 spiro atoms. The van der Waals surface area contributed by atoms with Crippen molar-refractivity contribution in [2.75, 3.05) is 18.5 Å². The van der Waals surface area contributed by atoms with E-state index in [2.05, 4.69) is 5.32 Å². The van der Waals surface area contributed by atoms with Gasteiger partial charge in [-0.1, -0.05) is 17.7 Å². The van der Waals surface area contributed by atoms with Crippen molar-refractivity contribution < 1.29 is 14.3 Å². The fourth-order valence-corrected chi connectivity index (χ4v) is 2.23. The number of rotatable bonds is 7. The van der Waals surface area contributed by atoms with E-state index < -0.39 is 0 Å². The molecule has 4 heteroatoms. The first kappa shape index (κ1) is 16.9. The molecule has 0 aromatic heterocycles. The molecule has 0 aliphatic heterocycles. The normalized spacial score (nSPS) is 10.2. The number of amides is 1. The van der Waals surface area contributed by atoms with E-state index in [1.807, 2.05) is 63.2 Å². The number of ether oxygens (including phenoxy) is 2. The van der Waals surface area contributed by atoms with Crippen molar-refractivity contribution in [3.8, 4) is 11.5 Å². The standard InChI is InChI=1S/C19H23NO3/c1-4-22-16-6-8-17(9-7-16)23-12-11-19(21)20-18-10-5-14(2)13-15(18)3/h5-10,13H,4,11-12H2,1-3H3,(H,20,21). The lowest BCUT2D eigenvalue weighted by molar-refractivity contribution is -0.116. The van der Waals surface area contributed by atoms with E-state index in [4.69, 9.17) is 9.47 Å². The number of hydrogen-bond donors (Lipinski definition) is 1. The van der Waals surface area contributed by atoms with Crippen LogP contribution in [0, 0.1) is 13.8 Å². The monoisotopic (exact) mass is 313 g/mol. The van der Waals surface area contributed by atoms with Crippen LogP contribution < -0.4 is 14.8 Å². The van der Waals surface area contributed by atoms with Crippen LogP contribution >= 0.6 is 0 Å². The maximum Gasteiger partial charge on any atom is 0.227 e. The molecule has 0 aliphatic carbocycles. The first-order valence-electron chi connectivity index (χ1n) is 7.81. The van der Waals surface area contributed by atoms with Crippen molar-refractivity contribution >= 4 is 11.6 Å². The van der Waals surface area contributed by atoms with Crippen LogP contribution in [0.4, 0.5) is 5.69 Å². The summed E-state index contributed by atoms with van der Waals surface area (Å²) in [7, 11) is 0. The summed E-state index contributed by atoms with van der Waals surface area (Å²) in [5.41, 5.74) is 3.09. The summed E-state index contributed by atoms with van der Waals surface area (Å²) in [5, 5.41) is 2.91. The zero-order chi connectivity index (χ0) is 16.7. The van der Waals surface area contributed by atoms with Gasteiger partial charge in [-0.2, -0.15) is 0 Å². The third-order valence-electron chi connectivity index (χ3n) is 3.39. The fourth-order valence-electron chi connectivity index (χ4n) is 2.23. The number of benzene rings is 2. The van der Waals surface area contributed by atoms with Gasteiger partial charge in [-0.15, -0.1) is 0 Å². The average molecular weight is 313 g/mol. The number of carbonyl (C=O) groups excluding carboxylic acids is 1. The first-order chi connectivity index (χ1) is 11.1. The van der Waals surface area contributed by atoms with Gasteiger partial charge in [0.15, 0.2) is 0 Å². The molecule has 23 heavy (non-hydrogen) atoms. The van der Waals surface area contributed by atoms with E-state index in [0.29, 0.717) is 19.6 Å². The van der Waals surface area contributed by atoms with Crippen LogP contribution in [0.2, 0.25) is 0 Å². The van der Waals surface area contributed by atoms with E-state index in [9.17, 15) is 4.79 Å².